The van der Waals surface area contributed by atoms with Crippen LogP contribution in [0.5, 0.6) is 0 Å². The molecule has 1 aromatic carbocycles. The zero-order valence-electron chi connectivity index (χ0n) is 14.1. The largest absolute Gasteiger partial charge is 0.384 e. The van der Waals surface area contributed by atoms with Crippen LogP contribution in [-0.4, -0.2) is 29.5 Å². The van der Waals surface area contributed by atoms with Crippen LogP contribution in [0.4, 0.5) is 11.5 Å². The molecule has 3 aromatic heterocycles. The molecule has 0 fully saturated rings. The smallest absolute Gasteiger partial charge is 0.165 e. The Balaban J connectivity index is 1.72. The molecule has 4 N–H and O–H groups in total. The van der Waals surface area contributed by atoms with Gasteiger partial charge in [-0.1, -0.05) is 23.2 Å². The Bertz CT molecular complexity index is 1140. The first-order chi connectivity index (χ1) is 12.9. The molecule has 8 nitrogen and oxygen atoms in total. The van der Waals surface area contributed by atoms with Crippen LogP contribution in [0.3, 0.4) is 0 Å². The fraction of sp³-hybridized carbons (Fsp3) is 0.118. The normalized spacial score (nSPS) is 12.4. The molecular formula is C17H15Cl2N7O. The van der Waals surface area contributed by atoms with E-state index in [1.54, 1.807) is 48.4 Å². The van der Waals surface area contributed by atoms with E-state index in [2.05, 4.69) is 20.5 Å². The summed E-state index contributed by atoms with van der Waals surface area (Å²) in [5.74, 6) is 0.337. The molecule has 0 saturated carbocycles. The summed E-state index contributed by atoms with van der Waals surface area (Å²) in [5, 5.41) is 23.4. The van der Waals surface area contributed by atoms with E-state index in [4.69, 9.17) is 28.9 Å². The number of aryl methyl sites for hydroxylation is 1. The maximum atomic E-state index is 10.7. The first kappa shape index (κ1) is 17.6. The van der Waals surface area contributed by atoms with Gasteiger partial charge in [0.2, 0.25) is 0 Å². The second kappa shape index (κ2) is 6.73. The van der Waals surface area contributed by atoms with Crippen molar-refractivity contribution in [3.8, 4) is 11.3 Å². The molecule has 0 aliphatic rings. The molecule has 0 aliphatic heterocycles. The van der Waals surface area contributed by atoms with Crippen molar-refractivity contribution in [3.63, 3.8) is 0 Å². The summed E-state index contributed by atoms with van der Waals surface area (Å²) >= 11 is 12.4. The van der Waals surface area contributed by atoms with Crippen LogP contribution in [0.15, 0.2) is 42.9 Å². The zero-order chi connectivity index (χ0) is 19.1. The van der Waals surface area contributed by atoms with Crippen LogP contribution in [0, 0.1) is 0 Å². The molecule has 0 aliphatic carbocycles. The second-order valence-corrected chi connectivity index (χ2v) is 6.80. The summed E-state index contributed by atoms with van der Waals surface area (Å²) in [7, 11) is 1.77. The lowest BCUT2D eigenvalue weighted by Crippen LogP contribution is -2.10. The maximum absolute atomic E-state index is 10.7. The van der Waals surface area contributed by atoms with Crippen LogP contribution >= 0.6 is 23.2 Å². The summed E-state index contributed by atoms with van der Waals surface area (Å²) in [6.07, 6.45) is 3.86. The van der Waals surface area contributed by atoms with Gasteiger partial charge in [0.15, 0.2) is 11.9 Å². The van der Waals surface area contributed by atoms with E-state index in [1.807, 2.05) is 0 Å². The van der Waals surface area contributed by atoms with Crippen molar-refractivity contribution in [2.75, 3.05) is 11.1 Å². The summed E-state index contributed by atoms with van der Waals surface area (Å²) in [6.45, 7) is 0. The van der Waals surface area contributed by atoms with Crippen molar-refractivity contribution in [3.05, 3.63) is 58.5 Å². The summed E-state index contributed by atoms with van der Waals surface area (Å²) in [6, 6.07) is 6.75. The maximum Gasteiger partial charge on any atom is 0.165 e. The molecule has 4 aromatic rings. The summed E-state index contributed by atoms with van der Waals surface area (Å²) in [5.41, 5.74) is 8.48. The van der Waals surface area contributed by atoms with E-state index in [-0.39, 0.29) is 0 Å². The minimum Gasteiger partial charge on any atom is -0.384 e. The number of halogens is 2. The van der Waals surface area contributed by atoms with Crippen LogP contribution in [0.2, 0.25) is 10.0 Å². The number of aromatic nitrogens is 5. The molecule has 10 heteroatoms. The number of hydrogen-bond donors (Lipinski definition) is 3. The predicted octanol–water partition coefficient (Wildman–Crippen LogP) is 3.12. The van der Waals surface area contributed by atoms with Gasteiger partial charge in [-0.3, -0.25) is 4.68 Å². The number of anilines is 2. The monoisotopic (exact) mass is 403 g/mol. The zero-order valence-corrected chi connectivity index (χ0v) is 15.6. The fourth-order valence-corrected chi connectivity index (χ4v) is 3.17. The number of aliphatic hydroxyl groups is 1. The number of benzene rings is 1. The van der Waals surface area contributed by atoms with E-state index in [1.165, 1.54) is 10.7 Å². The Morgan fingerprint density at radius 1 is 1.26 bits per heavy atom. The van der Waals surface area contributed by atoms with Gasteiger partial charge in [0.25, 0.3) is 0 Å². The molecule has 1 unspecified atom stereocenters. The van der Waals surface area contributed by atoms with Crippen LogP contribution in [0.1, 0.15) is 11.8 Å². The molecule has 0 amide bonds. The van der Waals surface area contributed by atoms with E-state index < -0.39 is 6.23 Å². The third-order valence-electron chi connectivity index (χ3n) is 4.02. The number of nitrogens with zero attached hydrogens (tertiary/aromatic N) is 5. The number of nitrogen functional groups attached to an aromatic ring is 1. The minimum atomic E-state index is -1.09. The van der Waals surface area contributed by atoms with Gasteiger partial charge < -0.3 is 16.2 Å². The Labute approximate surface area is 164 Å². The second-order valence-electron chi connectivity index (χ2n) is 5.96. The lowest BCUT2D eigenvalue weighted by molar-refractivity contribution is 0.209. The molecule has 27 heavy (non-hydrogen) atoms. The van der Waals surface area contributed by atoms with Gasteiger partial charge >= 0.3 is 0 Å². The van der Waals surface area contributed by atoms with E-state index >= 15 is 0 Å². The highest BCUT2D eigenvalue weighted by molar-refractivity contribution is 6.35. The Morgan fingerprint density at radius 2 is 2.07 bits per heavy atom. The number of nitrogens with two attached hydrogens (primary N) is 1. The van der Waals surface area contributed by atoms with Crippen molar-refractivity contribution < 1.29 is 5.11 Å². The molecule has 138 valence electrons. The summed E-state index contributed by atoms with van der Waals surface area (Å²) < 4.78 is 3.16. The highest BCUT2D eigenvalue weighted by Gasteiger charge is 2.20. The molecule has 0 spiro atoms. The Morgan fingerprint density at radius 3 is 2.89 bits per heavy atom. The highest BCUT2D eigenvalue weighted by atomic mass is 35.5. The van der Waals surface area contributed by atoms with E-state index in [0.29, 0.717) is 44.0 Å². The van der Waals surface area contributed by atoms with Crippen molar-refractivity contribution in [1.29, 1.82) is 0 Å². The van der Waals surface area contributed by atoms with Crippen molar-refractivity contribution in [2.45, 2.75) is 6.23 Å². The number of fused-ring (bicyclic) bond motifs is 1. The Hall–Kier alpha value is -2.81. The van der Waals surface area contributed by atoms with Crippen molar-refractivity contribution in [1.82, 2.24) is 24.4 Å². The topological polar surface area (TPSA) is 106 Å². The average molecular weight is 404 g/mol. The van der Waals surface area contributed by atoms with E-state index in [0.717, 1.165) is 0 Å². The van der Waals surface area contributed by atoms with Gasteiger partial charge in [-0.15, -0.1) is 0 Å². The van der Waals surface area contributed by atoms with Gasteiger partial charge in [-0.25, -0.2) is 9.50 Å². The van der Waals surface area contributed by atoms with Gasteiger partial charge in [-0.05, 0) is 24.3 Å². The summed E-state index contributed by atoms with van der Waals surface area (Å²) in [4.78, 5) is 4.23. The number of aliphatic hydroxyl groups excluding tert-OH is 1. The van der Waals surface area contributed by atoms with Crippen LogP contribution in [0.25, 0.3) is 16.9 Å². The average Bonchev–Trinajstić information content (AvgIpc) is 3.20. The van der Waals surface area contributed by atoms with Gasteiger partial charge in [0.05, 0.1) is 22.5 Å². The third-order valence-corrected chi connectivity index (χ3v) is 4.58. The molecular weight excluding hydrogens is 389 g/mol. The number of rotatable bonds is 4. The van der Waals surface area contributed by atoms with Crippen LogP contribution in [-0.2, 0) is 7.05 Å². The van der Waals surface area contributed by atoms with E-state index in [9.17, 15) is 5.11 Å². The first-order valence-corrected chi connectivity index (χ1v) is 8.71. The number of hydrogen-bond acceptors (Lipinski definition) is 6. The minimum absolute atomic E-state index is 0.337. The molecule has 0 radical (unpaired) electrons. The van der Waals surface area contributed by atoms with Crippen molar-refractivity contribution in [2.24, 2.45) is 7.05 Å². The third kappa shape index (κ3) is 3.30. The fourth-order valence-electron chi connectivity index (χ4n) is 2.79. The van der Waals surface area contributed by atoms with Gasteiger partial charge in [-0.2, -0.15) is 10.2 Å². The molecule has 1 atom stereocenters. The SMILES string of the molecule is Cn1cc(NC(O)c2cnn3ccc(N)nc23)c(-c2cc(Cl)ccc2Cl)n1. The molecule has 0 bridgehead atoms. The number of nitrogens with one attached hydrogen (secondary N) is 1. The van der Waals surface area contributed by atoms with Crippen LogP contribution < -0.4 is 11.1 Å². The quantitative estimate of drug-likeness (QED) is 0.452. The van der Waals surface area contributed by atoms with Crippen molar-refractivity contribution >= 4 is 40.4 Å². The standard InChI is InChI=1S/C17H15Cl2N7O/c1-25-8-13(15(24-25)10-6-9(18)2-3-12(10)19)22-17(27)11-7-21-26-5-4-14(20)23-16(11)26/h2-8,17,22,27H,1H3,(H2,20,23). The Kier molecular flexibility index (Phi) is 4.39. The van der Waals surface area contributed by atoms with Gasteiger partial charge in [0, 0.05) is 30.0 Å². The molecule has 3 heterocycles. The molecule has 4 rings (SSSR count). The lowest BCUT2D eigenvalue weighted by atomic mass is 10.1. The predicted molar refractivity (Wildman–Crippen MR) is 105 cm³/mol. The lowest BCUT2D eigenvalue weighted by Gasteiger charge is -2.13. The highest BCUT2D eigenvalue weighted by Crippen LogP contribution is 2.35. The van der Waals surface area contributed by atoms with Gasteiger partial charge in [0.1, 0.15) is 11.5 Å². The molecule has 0 saturated heterocycles. The first-order valence-electron chi connectivity index (χ1n) is 7.96.